The van der Waals surface area contributed by atoms with Crippen molar-refractivity contribution >= 4 is 57.9 Å². The lowest BCUT2D eigenvalue weighted by Crippen LogP contribution is -2.30. The normalized spacial score (nSPS) is 9.70. The molecule has 4 amide bonds. The molecule has 11 heteroatoms. The third kappa shape index (κ3) is 8.33. The number of anilines is 3. The largest absolute Gasteiger partial charge is 0.491 e. The first-order valence-electron chi connectivity index (χ1n) is 9.44. The SMILES string of the molecule is C.[C-]#[N+]c1ccc(NC(=O)Nc2cc(Cl)ccc2OCCCNC(=O)Nc2ccsc2)nc1. The molecule has 0 bridgehead atoms. The van der Waals surface area contributed by atoms with Crippen LogP contribution >= 0.6 is 22.9 Å². The predicted octanol–water partition coefficient (Wildman–Crippen LogP) is 6.22. The molecule has 3 aromatic rings. The summed E-state index contributed by atoms with van der Waals surface area (Å²) < 4.78 is 5.74. The van der Waals surface area contributed by atoms with Crippen molar-refractivity contribution in [2.75, 3.05) is 29.1 Å². The minimum atomic E-state index is -0.535. The maximum absolute atomic E-state index is 12.3. The number of aromatic nitrogens is 1. The molecule has 1 aromatic carbocycles. The minimum Gasteiger partial charge on any atom is -0.491 e. The fourth-order valence-electron chi connectivity index (χ4n) is 2.49. The first-order chi connectivity index (χ1) is 15.5. The Morgan fingerprint density at radius 1 is 1.12 bits per heavy atom. The summed E-state index contributed by atoms with van der Waals surface area (Å²) >= 11 is 7.55. The number of hydrogen-bond donors (Lipinski definition) is 4. The number of nitrogens with zero attached hydrogens (tertiary/aromatic N) is 2. The van der Waals surface area contributed by atoms with Gasteiger partial charge in [-0.15, -0.1) is 0 Å². The fraction of sp³-hybridized carbons (Fsp3) is 0.182. The van der Waals surface area contributed by atoms with E-state index in [0.717, 1.165) is 5.69 Å². The summed E-state index contributed by atoms with van der Waals surface area (Å²) in [6.07, 6.45) is 1.92. The predicted molar refractivity (Wildman–Crippen MR) is 133 cm³/mol. The molecule has 172 valence electrons. The first kappa shape index (κ1) is 25.5. The molecule has 2 aromatic heterocycles. The highest BCUT2D eigenvalue weighted by Crippen LogP contribution is 2.28. The summed E-state index contributed by atoms with van der Waals surface area (Å²) in [5.41, 5.74) is 1.51. The van der Waals surface area contributed by atoms with Gasteiger partial charge < -0.3 is 20.7 Å². The molecule has 0 atom stereocenters. The zero-order valence-electron chi connectivity index (χ0n) is 16.7. The smallest absolute Gasteiger partial charge is 0.324 e. The van der Waals surface area contributed by atoms with Crippen LogP contribution in [0.4, 0.5) is 32.5 Å². The van der Waals surface area contributed by atoms with Crippen LogP contribution in [0.25, 0.3) is 4.85 Å². The van der Waals surface area contributed by atoms with Gasteiger partial charge in [-0.2, -0.15) is 11.3 Å². The second-order valence-corrected chi connectivity index (χ2v) is 7.54. The molecule has 33 heavy (non-hydrogen) atoms. The molecular formula is C22H23ClN6O3S. The number of halogens is 1. The summed E-state index contributed by atoms with van der Waals surface area (Å²) in [4.78, 5) is 31.3. The van der Waals surface area contributed by atoms with E-state index in [-0.39, 0.29) is 13.5 Å². The number of hydrogen-bond acceptors (Lipinski definition) is 5. The first-order valence-corrected chi connectivity index (χ1v) is 10.8. The lowest BCUT2D eigenvalue weighted by Gasteiger charge is -2.14. The monoisotopic (exact) mass is 486 g/mol. The standard InChI is InChI=1S/C21H19ClN6O3S.CH4/c1-23-15-4-6-19(25-12-15)28-21(30)27-17-11-14(22)3-5-18(17)31-9-2-8-24-20(29)26-16-7-10-32-13-16;/h3-7,10-13H,2,8-9H2,(H2,24,26,29)(H2,25,27,28,30);1H4. The van der Waals surface area contributed by atoms with Crippen LogP contribution < -0.4 is 26.0 Å². The van der Waals surface area contributed by atoms with Gasteiger partial charge in [0.1, 0.15) is 11.6 Å². The van der Waals surface area contributed by atoms with E-state index >= 15 is 0 Å². The van der Waals surface area contributed by atoms with Gasteiger partial charge >= 0.3 is 12.1 Å². The number of benzene rings is 1. The van der Waals surface area contributed by atoms with Crippen molar-refractivity contribution in [1.82, 2.24) is 10.3 Å². The van der Waals surface area contributed by atoms with E-state index in [1.54, 1.807) is 24.3 Å². The summed E-state index contributed by atoms with van der Waals surface area (Å²) in [6, 6.07) is 8.95. The van der Waals surface area contributed by atoms with Crippen molar-refractivity contribution in [1.29, 1.82) is 0 Å². The number of carbonyl (C=O) groups excluding carboxylic acids is 2. The van der Waals surface area contributed by atoms with Gasteiger partial charge in [0.25, 0.3) is 0 Å². The Morgan fingerprint density at radius 3 is 2.67 bits per heavy atom. The molecular weight excluding hydrogens is 464 g/mol. The number of pyridine rings is 1. The Bertz CT molecular complexity index is 1100. The second-order valence-electron chi connectivity index (χ2n) is 6.33. The van der Waals surface area contributed by atoms with Crippen LogP contribution in [0.2, 0.25) is 5.02 Å². The Labute approximate surface area is 201 Å². The van der Waals surface area contributed by atoms with Crippen molar-refractivity contribution in [3.05, 3.63) is 69.8 Å². The van der Waals surface area contributed by atoms with Gasteiger partial charge in [0.2, 0.25) is 5.69 Å². The number of carbonyl (C=O) groups is 2. The third-order valence-electron chi connectivity index (χ3n) is 3.95. The molecule has 0 aliphatic rings. The number of thiophene rings is 1. The van der Waals surface area contributed by atoms with E-state index in [2.05, 4.69) is 31.1 Å². The minimum absolute atomic E-state index is 0. The highest BCUT2D eigenvalue weighted by atomic mass is 35.5. The molecule has 0 saturated heterocycles. The molecule has 0 unspecified atom stereocenters. The van der Waals surface area contributed by atoms with E-state index in [1.807, 2.05) is 16.8 Å². The Kier molecular flexibility index (Phi) is 9.95. The van der Waals surface area contributed by atoms with Crippen LogP contribution in [0.1, 0.15) is 13.8 Å². The van der Waals surface area contributed by atoms with Crippen LogP contribution in [-0.2, 0) is 0 Å². The van der Waals surface area contributed by atoms with Gasteiger partial charge in [0.05, 0.1) is 24.6 Å². The molecule has 9 nitrogen and oxygen atoms in total. The molecule has 0 aliphatic carbocycles. The molecule has 0 saturated carbocycles. The zero-order valence-corrected chi connectivity index (χ0v) is 18.3. The lowest BCUT2D eigenvalue weighted by atomic mass is 10.3. The van der Waals surface area contributed by atoms with Crippen LogP contribution in [0.5, 0.6) is 5.75 Å². The number of rotatable bonds is 8. The Hall–Kier alpha value is -3.81. The van der Waals surface area contributed by atoms with Crippen molar-refractivity contribution < 1.29 is 14.3 Å². The number of amides is 4. The van der Waals surface area contributed by atoms with E-state index in [1.165, 1.54) is 23.6 Å². The van der Waals surface area contributed by atoms with Crippen LogP contribution in [-0.4, -0.2) is 30.2 Å². The molecule has 0 aliphatic heterocycles. The van der Waals surface area contributed by atoms with Crippen molar-refractivity contribution in [2.45, 2.75) is 13.8 Å². The molecule has 2 heterocycles. The van der Waals surface area contributed by atoms with E-state index in [4.69, 9.17) is 22.9 Å². The van der Waals surface area contributed by atoms with Crippen LogP contribution in [0.3, 0.4) is 0 Å². The van der Waals surface area contributed by atoms with E-state index < -0.39 is 6.03 Å². The number of nitrogens with one attached hydrogen (secondary N) is 4. The van der Waals surface area contributed by atoms with E-state index in [0.29, 0.717) is 47.5 Å². The molecule has 3 rings (SSSR count). The van der Waals surface area contributed by atoms with Crippen LogP contribution in [0, 0.1) is 6.57 Å². The molecule has 0 radical (unpaired) electrons. The highest BCUT2D eigenvalue weighted by Gasteiger charge is 2.10. The number of urea groups is 2. The highest BCUT2D eigenvalue weighted by molar-refractivity contribution is 7.08. The van der Waals surface area contributed by atoms with Gasteiger partial charge in [-0.05, 0) is 42.1 Å². The lowest BCUT2D eigenvalue weighted by molar-refractivity contribution is 0.250. The number of ether oxygens (including phenoxy) is 1. The summed E-state index contributed by atoms with van der Waals surface area (Å²) in [6.45, 7) is 7.66. The van der Waals surface area contributed by atoms with Gasteiger partial charge in [-0.25, -0.2) is 14.4 Å². The second kappa shape index (κ2) is 12.9. The Morgan fingerprint density at radius 2 is 1.97 bits per heavy atom. The average molecular weight is 487 g/mol. The Balaban J connectivity index is 0.00000385. The van der Waals surface area contributed by atoms with Crippen LogP contribution in [0.15, 0.2) is 53.4 Å². The fourth-order valence-corrected chi connectivity index (χ4v) is 3.25. The topological polar surface area (TPSA) is 109 Å². The third-order valence-corrected chi connectivity index (χ3v) is 4.87. The van der Waals surface area contributed by atoms with Crippen molar-refractivity contribution in [3.63, 3.8) is 0 Å². The van der Waals surface area contributed by atoms with E-state index in [9.17, 15) is 9.59 Å². The van der Waals surface area contributed by atoms with Gasteiger partial charge in [0.15, 0.2) is 0 Å². The summed E-state index contributed by atoms with van der Waals surface area (Å²) in [5.74, 6) is 0.731. The summed E-state index contributed by atoms with van der Waals surface area (Å²) in [7, 11) is 0. The van der Waals surface area contributed by atoms with Crippen molar-refractivity contribution in [3.8, 4) is 5.75 Å². The van der Waals surface area contributed by atoms with Gasteiger partial charge in [-0.3, -0.25) is 10.3 Å². The maximum Gasteiger partial charge on any atom is 0.324 e. The zero-order chi connectivity index (χ0) is 22.8. The van der Waals surface area contributed by atoms with Gasteiger partial charge in [0, 0.05) is 23.1 Å². The van der Waals surface area contributed by atoms with Gasteiger partial charge in [-0.1, -0.05) is 25.1 Å². The van der Waals surface area contributed by atoms with Crippen molar-refractivity contribution in [2.24, 2.45) is 0 Å². The average Bonchev–Trinajstić information content (AvgIpc) is 3.28. The molecule has 0 fully saturated rings. The quantitative estimate of drug-likeness (QED) is 0.224. The molecule has 0 spiro atoms. The maximum atomic E-state index is 12.3. The summed E-state index contributed by atoms with van der Waals surface area (Å²) in [5, 5.41) is 14.9. The molecule has 4 N–H and O–H groups in total.